The molecule has 0 amide bonds. The van der Waals surface area contributed by atoms with Gasteiger partial charge in [-0.2, -0.15) is 0 Å². The van der Waals surface area contributed by atoms with Crippen molar-refractivity contribution in [2.75, 3.05) is 26.7 Å². The van der Waals surface area contributed by atoms with Crippen LogP contribution in [0.15, 0.2) is 35.3 Å². The number of nitrogens with one attached hydrogen (secondary N) is 1. The summed E-state index contributed by atoms with van der Waals surface area (Å²) in [4.78, 5) is 12.6. The lowest BCUT2D eigenvalue weighted by atomic mass is 10.3. The number of nitrogens with zero attached hydrogens (tertiary/aromatic N) is 3. The van der Waals surface area contributed by atoms with Crippen LogP contribution in [-0.4, -0.2) is 42.6 Å². The number of guanidine groups is 1. The molecule has 0 spiro atoms. The van der Waals surface area contributed by atoms with Gasteiger partial charge in [0.2, 0.25) is 0 Å². The first kappa shape index (κ1) is 21.7. The van der Waals surface area contributed by atoms with Gasteiger partial charge in [0.05, 0.1) is 18.8 Å². The Labute approximate surface area is 171 Å². The number of aryl methyl sites for hydroxylation is 2. The number of hydrogen-bond donors (Lipinski definition) is 1. The molecule has 0 fully saturated rings. The number of aliphatic imine (C=N–C) groups is 1. The van der Waals surface area contributed by atoms with Gasteiger partial charge in [-0.1, -0.05) is 18.2 Å². The smallest absolute Gasteiger partial charge is 0.194 e. The van der Waals surface area contributed by atoms with Crippen molar-refractivity contribution in [2.45, 2.75) is 27.3 Å². The molecule has 5 nitrogen and oxygen atoms in total. The van der Waals surface area contributed by atoms with Gasteiger partial charge < -0.3 is 15.0 Å². The second-order valence-corrected chi connectivity index (χ2v) is 6.79. The molecule has 1 N–H and O–H groups in total. The van der Waals surface area contributed by atoms with Gasteiger partial charge >= 0.3 is 0 Å². The van der Waals surface area contributed by atoms with Crippen LogP contribution < -0.4 is 10.1 Å². The average Bonchev–Trinajstić information content (AvgIpc) is 2.90. The molecule has 0 aliphatic heterocycles. The van der Waals surface area contributed by atoms with Crippen LogP contribution in [-0.2, 0) is 6.54 Å². The lowest BCUT2D eigenvalue weighted by Gasteiger charge is -2.22. The molecule has 7 heteroatoms. The predicted molar refractivity (Wildman–Crippen MR) is 116 cm³/mol. The van der Waals surface area contributed by atoms with Crippen LogP contribution in [0, 0.1) is 13.8 Å². The van der Waals surface area contributed by atoms with Gasteiger partial charge in [-0.05, 0) is 32.9 Å². The fraction of sp³-hybridized carbons (Fsp3) is 0.444. The third-order valence-corrected chi connectivity index (χ3v) is 4.63. The molecule has 25 heavy (non-hydrogen) atoms. The highest BCUT2D eigenvalue weighted by Gasteiger charge is 2.08. The number of hydrogen-bond acceptors (Lipinski definition) is 4. The first-order valence-corrected chi connectivity index (χ1v) is 9.02. The van der Waals surface area contributed by atoms with Crippen molar-refractivity contribution in [3.63, 3.8) is 0 Å². The molecule has 0 atom stereocenters. The van der Waals surface area contributed by atoms with E-state index in [2.05, 4.69) is 34.0 Å². The average molecular weight is 474 g/mol. The van der Waals surface area contributed by atoms with Crippen molar-refractivity contribution >= 4 is 41.3 Å². The number of para-hydroxylation sites is 1. The SMILES string of the molecule is CCNC(=NCc1nc(C)c(C)s1)N(C)CCOc1ccccc1.I. The van der Waals surface area contributed by atoms with Crippen molar-refractivity contribution < 1.29 is 4.74 Å². The number of benzene rings is 1. The Morgan fingerprint density at radius 2 is 2.00 bits per heavy atom. The molecule has 0 bridgehead atoms. The first-order valence-electron chi connectivity index (χ1n) is 8.20. The Morgan fingerprint density at radius 3 is 2.60 bits per heavy atom. The van der Waals surface area contributed by atoms with Crippen molar-refractivity contribution in [3.8, 4) is 5.75 Å². The van der Waals surface area contributed by atoms with Crippen LogP contribution in [0.4, 0.5) is 0 Å². The molecule has 0 saturated carbocycles. The molecule has 138 valence electrons. The number of rotatable bonds is 7. The summed E-state index contributed by atoms with van der Waals surface area (Å²) in [6, 6.07) is 9.86. The molecule has 1 heterocycles. The van der Waals surface area contributed by atoms with E-state index in [1.807, 2.05) is 44.3 Å². The van der Waals surface area contributed by atoms with Crippen LogP contribution in [0.3, 0.4) is 0 Å². The normalized spacial score (nSPS) is 11.0. The van der Waals surface area contributed by atoms with E-state index in [9.17, 15) is 0 Å². The largest absolute Gasteiger partial charge is 0.492 e. The van der Waals surface area contributed by atoms with E-state index in [1.54, 1.807) is 11.3 Å². The maximum atomic E-state index is 5.75. The molecule has 0 aliphatic carbocycles. The molecule has 2 rings (SSSR count). The van der Waals surface area contributed by atoms with Crippen LogP contribution in [0.1, 0.15) is 22.5 Å². The summed E-state index contributed by atoms with van der Waals surface area (Å²) in [6.45, 7) is 9.01. The summed E-state index contributed by atoms with van der Waals surface area (Å²) in [6.07, 6.45) is 0. The van der Waals surface area contributed by atoms with E-state index in [0.717, 1.165) is 35.5 Å². The minimum atomic E-state index is 0. The Balaban J connectivity index is 0.00000312. The van der Waals surface area contributed by atoms with Gasteiger partial charge in [-0.3, -0.25) is 0 Å². The van der Waals surface area contributed by atoms with Crippen LogP contribution in [0.5, 0.6) is 5.75 Å². The van der Waals surface area contributed by atoms with Gasteiger partial charge in [-0.15, -0.1) is 35.3 Å². The summed E-state index contributed by atoms with van der Waals surface area (Å²) in [5, 5.41) is 4.37. The first-order chi connectivity index (χ1) is 11.6. The Kier molecular flexibility index (Phi) is 9.81. The van der Waals surface area contributed by atoms with Gasteiger partial charge in [0, 0.05) is 18.5 Å². The van der Waals surface area contributed by atoms with Gasteiger partial charge in [-0.25, -0.2) is 9.98 Å². The number of aromatic nitrogens is 1. The summed E-state index contributed by atoms with van der Waals surface area (Å²) < 4.78 is 5.75. The lowest BCUT2D eigenvalue weighted by molar-refractivity contribution is 0.281. The van der Waals surface area contributed by atoms with E-state index in [-0.39, 0.29) is 24.0 Å². The topological polar surface area (TPSA) is 49.8 Å². The third kappa shape index (κ3) is 7.19. The fourth-order valence-corrected chi connectivity index (χ4v) is 3.00. The highest BCUT2D eigenvalue weighted by atomic mass is 127. The monoisotopic (exact) mass is 474 g/mol. The summed E-state index contributed by atoms with van der Waals surface area (Å²) >= 11 is 1.71. The number of likely N-dealkylation sites (N-methyl/N-ethyl adjacent to an activating group) is 1. The Bertz CT molecular complexity index is 641. The molecule has 2 aromatic rings. The highest BCUT2D eigenvalue weighted by Crippen LogP contribution is 2.17. The highest BCUT2D eigenvalue weighted by molar-refractivity contribution is 14.0. The van der Waals surface area contributed by atoms with E-state index in [0.29, 0.717) is 13.2 Å². The fourth-order valence-electron chi connectivity index (χ4n) is 2.14. The third-order valence-electron chi connectivity index (χ3n) is 3.57. The number of thiazole rings is 1. The maximum absolute atomic E-state index is 5.75. The Hall–Kier alpha value is -1.35. The molecular weight excluding hydrogens is 447 g/mol. The van der Waals surface area contributed by atoms with Crippen molar-refractivity contribution in [1.29, 1.82) is 0 Å². The summed E-state index contributed by atoms with van der Waals surface area (Å²) in [5.74, 6) is 1.77. The van der Waals surface area contributed by atoms with Gasteiger partial charge in [0.15, 0.2) is 5.96 Å². The second kappa shape index (κ2) is 11.3. The van der Waals surface area contributed by atoms with Gasteiger partial charge in [0.1, 0.15) is 17.4 Å². The number of ether oxygens (including phenoxy) is 1. The zero-order valence-electron chi connectivity index (χ0n) is 15.3. The molecular formula is C18H27IN4OS. The molecule has 0 unspecified atom stereocenters. The van der Waals surface area contributed by atoms with E-state index >= 15 is 0 Å². The van der Waals surface area contributed by atoms with E-state index in [1.165, 1.54) is 4.88 Å². The van der Waals surface area contributed by atoms with E-state index < -0.39 is 0 Å². The zero-order chi connectivity index (χ0) is 17.4. The molecule has 0 radical (unpaired) electrons. The quantitative estimate of drug-likeness (QED) is 0.376. The van der Waals surface area contributed by atoms with Crippen LogP contribution >= 0.6 is 35.3 Å². The molecule has 0 aliphatic rings. The molecule has 1 aromatic heterocycles. The summed E-state index contributed by atoms with van der Waals surface area (Å²) in [5.41, 5.74) is 1.10. The Morgan fingerprint density at radius 1 is 1.28 bits per heavy atom. The maximum Gasteiger partial charge on any atom is 0.194 e. The molecule has 0 saturated heterocycles. The minimum absolute atomic E-state index is 0. The second-order valence-electron chi connectivity index (χ2n) is 5.50. The zero-order valence-corrected chi connectivity index (χ0v) is 18.4. The van der Waals surface area contributed by atoms with Crippen molar-refractivity contribution in [2.24, 2.45) is 4.99 Å². The van der Waals surface area contributed by atoms with Crippen molar-refractivity contribution in [3.05, 3.63) is 45.9 Å². The minimum Gasteiger partial charge on any atom is -0.492 e. The number of halogens is 1. The van der Waals surface area contributed by atoms with Crippen LogP contribution in [0.25, 0.3) is 0 Å². The lowest BCUT2D eigenvalue weighted by Crippen LogP contribution is -2.40. The van der Waals surface area contributed by atoms with Crippen molar-refractivity contribution in [1.82, 2.24) is 15.2 Å². The molecule has 1 aromatic carbocycles. The van der Waals surface area contributed by atoms with Gasteiger partial charge in [0.25, 0.3) is 0 Å². The standard InChI is InChI=1S/C18H26N4OS.HI/c1-5-19-18(20-13-17-21-14(2)15(3)24-17)22(4)11-12-23-16-9-7-6-8-10-16;/h6-10H,5,11-13H2,1-4H3,(H,19,20);1H. The summed E-state index contributed by atoms with van der Waals surface area (Å²) in [7, 11) is 2.02. The van der Waals surface area contributed by atoms with E-state index in [4.69, 9.17) is 4.74 Å². The predicted octanol–water partition coefficient (Wildman–Crippen LogP) is 3.85. The van der Waals surface area contributed by atoms with Crippen LogP contribution in [0.2, 0.25) is 0 Å².